The molecule has 0 saturated carbocycles. The molecular weight excluding hydrogens is 68.0 g/mol. The van der Waals surface area contributed by atoms with E-state index in [1.807, 2.05) is 0 Å². The van der Waals surface area contributed by atoms with E-state index in [-0.39, 0.29) is 6.73 Å². The first kappa shape index (κ1) is 4.88. The van der Waals surface area contributed by atoms with E-state index in [9.17, 15) is 0 Å². The van der Waals surface area contributed by atoms with Gasteiger partial charge in [0.15, 0.2) is 0 Å². The fourth-order valence-corrected chi connectivity index (χ4v) is 0.0791. The lowest BCUT2D eigenvalue weighted by atomic mass is 11.3. The summed E-state index contributed by atoms with van der Waals surface area (Å²) in [6.07, 6.45) is 0. The molecule has 0 saturated heterocycles. The average Bonchev–Trinajstić information content (AvgIpc) is 1.41. The highest BCUT2D eigenvalue weighted by atomic mass is 16.3. The summed E-state index contributed by atoms with van der Waals surface area (Å²) in [5, 5.41) is 7.89. The number of aliphatic hydroxyl groups is 1. The van der Waals surface area contributed by atoms with Gasteiger partial charge >= 0.3 is 0 Å². The molecule has 0 spiro atoms. The number of aliphatic hydroxyl groups excluding tert-OH is 1. The third kappa shape index (κ3) is 3.88. The minimum absolute atomic E-state index is 0.0174. The highest BCUT2D eigenvalue weighted by molar-refractivity contribution is 4.06. The fraction of sp³-hybridized carbons (Fsp3) is 1.00. The van der Waals surface area contributed by atoms with Crippen molar-refractivity contribution in [3.8, 4) is 0 Å². The lowest BCUT2D eigenvalue weighted by Gasteiger charge is -1.89. The van der Waals surface area contributed by atoms with E-state index in [4.69, 9.17) is 5.11 Å². The lowest BCUT2D eigenvalue weighted by Crippen LogP contribution is -2.27. The van der Waals surface area contributed by atoms with Crippen molar-refractivity contribution < 1.29 is 5.11 Å². The van der Waals surface area contributed by atoms with Crippen LogP contribution in [0.1, 0.15) is 0 Å². The Balaban J connectivity index is 2.19. The zero-order valence-electron chi connectivity index (χ0n) is 3.15. The Morgan fingerprint density at radius 3 is 2.40 bits per heavy atom. The number of hydrazine groups is 1. The van der Waals surface area contributed by atoms with Crippen molar-refractivity contribution in [1.29, 1.82) is 0 Å². The third-order valence-electron chi connectivity index (χ3n) is 0.256. The number of nitrogens with one attached hydrogen (secondary N) is 2. The summed E-state index contributed by atoms with van der Waals surface area (Å²) in [4.78, 5) is 0. The predicted molar refractivity (Wildman–Crippen MR) is 19.3 cm³/mol. The second-order valence-corrected chi connectivity index (χ2v) is 0.585. The number of hydrogen-bond donors (Lipinski definition) is 3. The quantitative estimate of drug-likeness (QED) is 0.282. The van der Waals surface area contributed by atoms with Gasteiger partial charge in [-0.1, -0.05) is 0 Å². The van der Waals surface area contributed by atoms with Crippen LogP contribution in [0.2, 0.25) is 0 Å². The largest absolute Gasteiger partial charge is 0.380 e. The van der Waals surface area contributed by atoms with Gasteiger partial charge in [-0.15, -0.1) is 0 Å². The Bertz CT molecular complexity index is 15.1. The van der Waals surface area contributed by atoms with E-state index in [1.165, 1.54) is 0 Å². The van der Waals surface area contributed by atoms with Crippen LogP contribution in [0.4, 0.5) is 0 Å². The Morgan fingerprint density at radius 1 is 1.80 bits per heavy atom. The van der Waals surface area contributed by atoms with Crippen LogP contribution in [0.3, 0.4) is 0 Å². The molecule has 5 heavy (non-hydrogen) atoms. The van der Waals surface area contributed by atoms with Crippen molar-refractivity contribution in [3.05, 3.63) is 0 Å². The van der Waals surface area contributed by atoms with E-state index < -0.39 is 0 Å². The first-order valence-electron chi connectivity index (χ1n) is 1.42. The minimum atomic E-state index is -0.0174. The van der Waals surface area contributed by atoms with Gasteiger partial charge in [-0.3, -0.25) is 5.43 Å². The number of rotatable bonds is 2. The molecule has 0 rings (SSSR count). The Morgan fingerprint density at radius 2 is 2.40 bits per heavy atom. The van der Waals surface area contributed by atoms with Gasteiger partial charge < -0.3 is 5.11 Å². The molecule has 0 aliphatic heterocycles. The van der Waals surface area contributed by atoms with Crippen LogP contribution >= 0.6 is 0 Å². The van der Waals surface area contributed by atoms with Crippen molar-refractivity contribution >= 4 is 0 Å². The Labute approximate surface area is 31.0 Å². The molecule has 0 atom stereocenters. The molecule has 0 aliphatic carbocycles. The maximum Gasteiger partial charge on any atom is 0.105 e. The van der Waals surface area contributed by atoms with Gasteiger partial charge in [0, 0.05) is 0 Å². The molecule has 0 radical (unpaired) electrons. The van der Waals surface area contributed by atoms with Crippen molar-refractivity contribution in [2.45, 2.75) is 0 Å². The lowest BCUT2D eigenvalue weighted by molar-refractivity contribution is 0.245. The molecule has 0 aromatic rings. The highest BCUT2D eigenvalue weighted by Gasteiger charge is 1.60. The maximum atomic E-state index is 7.89. The summed E-state index contributed by atoms with van der Waals surface area (Å²) < 4.78 is 0. The van der Waals surface area contributed by atoms with Crippen molar-refractivity contribution in [2.24, 2.45) is 0 Å². The Hall–Kier alpha value is -0.120. The van der Waals surface area contributed by atoms with Crippen LogP contribution in [0.5, 0.6) is 0 Å². The average molecular weight is 76.1 g/mol. The van der Waals surface area contributed by atoms with Gasteiger partial charge in [0.25, 0.3) is 0 Å². The van der Waals surface area contributed by atoms with Crippen LogP contribution in [-0.2, 0) is 0 Å². The zero-order valence-corrected chi connectivity index (χ0v) is 3.15. The van der Waals surface area contributed by atoms with E-state index in [0.717, 1.165) is 0 Å². The van der Waals surface area contributed by atoms with Crippen molar-refractivity contribution in [1.82, 2.24) is 10.9 Å². The van der Waals surface area contributed by atoms with Gasteiger partial charge in [-0.05, 0) is 7.05 Å². The van der Waals surface area contributed by atoms with E-state index in [1.54, 1.807) is 7.05 Å². The fourth-order valence-electron chi connectivity index (χ4n) is 0.0791. The first-order chi connectivity index (χ1) is 2.41. The summed E-state index contributed by atoms with van der Waals surface area (Å²) >= 11 is 0. The molecule has 0 heterocycles. The molecule has 0 amide bonds. The topological polar surface area (TPSA) is 44.3 Å². The van der Waals surface area contributed by atoms with Crippen LogP contribution in [0.25, 0.3) is 0 Å². The second-order valence-electron chi connectivity index (χ2n) is 0.585. The van der Waals surface area contributed by atoms with Gasteiger partial charge in [0.1, 0.15) is 6.73 Å². The number of hydrogen-bond acceptors (Lipinski definition) is 3. The SMILES string of the molecule is CNNCO. The van der Waals surface area contributed by atoms with Gasteiger partial charge in [0.2, 0.25) is 0 Å². The first-order valence-corrected chi connectivity index (χ1v) is 1.42. The molecule has 0 aromatic carbocycles. The monoisotopic (exact) mass is 76.1 g/mol. The molecule has 0 bridgehead atoms. The summed E-state index contributed by atoms with van der Waals surface area (Å²) in [7, 11) is 1.69. The summed E-state index contributed by atoms with van der Waals surface area (Å²) in [5.74, 6) is 0. The summed E-state index contributed by atoms with van der Waals surface area (Å²) in [6, 6.07) is 0. The highest BCUT2D eigenvalue weighted by Crippen LogP contribution is 1.27. The molecule has 0 unspecified atom stereocenters. The van der Waals surface area contributed by atoms with E-state index in [2.05, 4.69) is 10.9 Å². The maximum absolute atomic E-state index is 7.89. The van der Waals surface area contributed by atoms with Crippen LogP contribution in [0.15, 0.2) is 0 Å². The van der Waals surface area contributed by atoms with Crippen LogP contribution < -0.4 is 10.9 Å². The molecule has 3 nitrogen and oxygen atoms in total. The molecule has 3 N–H and O–H groups in total. The summed E-state index contributed by atoms with van der Waals surface area (Å²) in [5.41, 5.74) is 4.93. The third-order valence-corrected chi connectivity index (χ3v) is 0.256. The van der Waals surface area contributed by atoms with Gasteiger partial charge in [0.05, 0.1) is 0 Å². The van der Waals surface area contributed by atoms with E-state index in [0.29, 0.717) is 0 Å². The standard InChI is InChI=1S/C2H8N2O/c1-3-4-2-5/h3-5H,2H2,1H3. The van der Waals surface area contributed by atoms with Crippen molar-refractivity contribution in [2.75, 3.05) is 13.8 Å². The summed E-state index contributed by atoms with van der Waals surface area (Å²) in [6.45, 7) is -0.0174. The molecular formula is C2H8N2O. The predicted octanol–water partition coefficient (Wildman–Crippen LogP) is -1.34. The van der Waals surface area contributed by atoms with Crippen LogP contribution in [0, 0.1) is 0 Å². The zero-order chi connectivity index (χ0) is 4.12. The molecule has 3 heteroatoms. The second kappa shape index (κ2) is 3.88. The molecule has 0 fully saturated rings. The molecule has 0 aliphatic rings. The normalized spacial score (nSPS) is 8.40. The van der Waals surface area contributed by atoms with Crippen LogP contribution in [-0.4, -0.2) is 18.9 Å². The van der Waals surface area contributed by atoms with Gasteiger partial charge in [-0.25, -0.2) is 5.43 Å². The van der Waals surface area contributed by atoms with Gasteiger partial charge in [-0.2, -0.15) is 0 Å². The minimum Gasteiger partial charge on any atom is -0.380 e. The molecule has 32 valence electrons. The molecule has 0 aromatic heterocycles. The smallest absolute Gasteiger partial charge is 0.105 e. The van der Waals surface area contributed by atoms with E-state index >= 15 is 0 Å². The Kier molecular flexibility index (Phi) is 3.79. The van der Waals surface area contributed by atoms with Crippen molar-refractivity contribution in [3.63, 3.8) is 0 Å².